The Morgan fingerprint density at radius 1 is 1.35 bits per heavy atom. The molecule has 0 aliphatic heterocycles. The molecule has 0 radical (unpaired) electrons. The van der Waals surface area contributed by atoms with Crippen molar-refractivity contribution >= 4 is 17.3 Å². The van der Waals surface area contributed by atoms with E-state index in [0.717, 1.165) is 35.0 Å². The highest BCUT2D eigenvalue weighted by Crippen LogP contribution is 2.34. The topological polar surface area (TPSA) is 38.0 Å². The maximum Gasteiger partial charge on any atom is 0.0495 e. The third kappa shape index (κ3) is 3.67. The van der Waals surface area contributed by atoms with E-state index in [4.69, 9.17) is 17.3 Å². The van der Waals surface area contributed by atoms with Crippen molar-refractivity contribution in [1.29, 1.82) is 0 Å². The maximum absolute atomic E-state index is 6.23. The van der Waals surface area contributed by atoms with Crippen LogP contribution in [0.4, 0.5) is 5.69 Å². The molecule has 3 heteroatoms. The standard InChI is InChI=1S/C17H27ClN2/c1-3-14-5-4-9-17(12-19,10-8-14)20-15-7-6-13(2)16(18)11-15/h6-7,11,14,20H,3-5,8-10,12,19H2,1-2H3. The molecule has 112 valence electrons. The fourth-order valence-corrected chi connectivity index (χ4v) is 3.42. The Balaban J connectivity index is 2.12. The molecule has 2 unspecified atom stereocenters. The van der Waals surface area contributed by atoms with E-state index in [1.807, 2.05) is 13.0 Å². The summed E-state index contributed by atoms with van der Waals surface area (Å²) in [6, 6.07) is 6.21. The van der Waals surface area contributed by atoms with Gasteiger partial charge >= 0.3 is 0 Å². The number of aryl methyl sites for hydroxylation is 1. The van der Waals surface area contributed by atoms with Crippen molar-refractivity contribution in [2.75, 3.05) is 11.9 Å². The summed E-state index contributed by atoms with van der Waals surface area (Å²) in [6.07, 6.45) is 7.49. The number of hydrogen-bond donors (Lipinski definition) is 2. The van der Waals surface area contributed by atoms with Crippen molar-refractivity contribution in [1.82, 2.24) is 0 Å². The number of hydrogen-bond acceptors (Lipinski definition) is 2. The highest BCUT2D eigenvalue weighted by Gasteiger charge is 2.31. The lowest BCUT2D eigenvalue weighted by Crippen LogP contribution is -2.45. The van der Waals surface area contributed by atoms with Crippen LogP contribution in [0, 0.1) is 12.8 Å². The zero-order valence-electron chi connectivity index (χ0n) is 12.7. The third-order valence-electron chi connectivity index (χ3n) is 4.85. The van der Waals surface area contributed by atoms with E-state index in [1.54, 1.807) is 0 Å². The Bertz CT molecular complexity index is 447. The number of nitrogens with two attached hydrogens (primary N) is 1. The molecule has 1 aromatic rings. The fourth-order valence-electron chi connectivity index (χ4n) is 3.24. The smallest absolute Gasteiger partial charge is 0.0495 e. The van der Waals surface area contributed by atoms with Gasteiger partial charge in [-0.25, -0.2) is 0 Å². The average molecular weight is 295 g/mol. The SMILES string of the molecule is CCC1CCCC(CN)(Nc2ccc(C)c(Cl)c2)CC1. The highest BCUT2D eigenvalue weighted by molar-refractivity contribution is 6.31. The molecule has 0 saturated heterocycles. The van der Waals surface area contributed by atoms with E-state index >= 15 is 0 Å². The van der Waals surface area contributed by atoms with Gasteiger partial charge < -0.3 is 11.1 Å². The molecular formula is C17H27ClN2. The molecule has 20 heavy (non-hydrogen) atoms. The summed E-state index contributed by atoms with van der Waals surface area (Å²) in [5, 5.41) is 4.51. The third-order valence-corrected chi connectivity index (χ3v) is 5.26. The Kier molecular flexibility index (Phi) is 5.34. The van der Waals surface area contributed by atoms with Gasteiger partial charge in [-0.1, -0.05) is 43.9 Å². The minimum absolute atomic E-state index is 0.0442. The molecule has 0 heterocycles. The molecule has 1 aliphatic rings. The van der Waals surface area contributed by atoms with Crippen LogP contribution in [0.25, 0.3) is 0 Å². The molecule has 2 nitrogen and oxygen atoms in total. The van der Waals surface area contributed by atoms with Crippen LogP contribution in [-0.4, -0.2) is 12.1 Å². The second kappa shape index (κ2) is 6.82. The fraction of sp³-hybridized carbons (Fsp3) is 0.647. The molecule has 3 N–H and O–H groups in total. The van der Waals surface area contributed by atoms with Crippen molar-refractivity contribution in [3.8, 4) is 0 Å². The van der Waals surface area contributed by atoms with Crippen LogP contribution in [-0.2, 0) is 0 Å². The van der Waals surface area contributed by atoms with Crippen LogP contribution in [0.3, 0.4) is 0 Å². The quantitative estimate of drug-likeness (QED) is 0.787. The van der Waals surface area contributed by atoms with Crippen molar-refractivity contribution < 1.29 is 0 Å². The van der Waals surface area contributed by atoms with Gasteiger partial charge in [-0.2, -0.15) is 0 Å². The van der Waals surface area contributed by atoms with E-state index in [1.165, 1.54) is 25.7 Å². The second-order valence-corrected chi connectivity index (χ2v) is 6.69. The highest BCUT2D eigenvalue weighted by atomic mass is 35.5. The van der Waals surface area contributed by atoms with Crippen molar-refractivity contribution in [2.45, 2.75) is 57.9 Å². The Hall–Kier alpha value is -0.730. The number of nitrogens with one attached hydrogen (secondary N) is 1. The van der Waals surface area contributed by atoms with Gasteiger partial charge in [-0.3, -0.25) is 0 Å². The lowest BCUT2D eigenvalue weighted by molar-refractivity contribution is 0.398. The molecule has 2 rings (SSSR count). The first-order chi connectivity index (χ1) is 9.58. The summed E-state index contributed by atoms with van der Waals surface area (Å²) in [7, 11) is 0. The van der Waals surface area contributed by atoms with Crippen LogP contribution in [0.2, 0.25) is 5.02 Å². The van der Waals surface area contributed by atoms with Crippen LogP contribution in [0.5, 0.6) is 0 Å². The van der Waals surface area contributed by atoms with Crippen molar-refractivity contribution in [3.05, 3.63) is 28.8 Å². The predicted molar refractivity (Wildman–Crippen MR) is 88.5 cm³/mol. The first-order valence-electron chi connectivity index (χ1n) is 7.83. The molecule has 0 spiro atoms. The van der Waals surface area contributed by atoms with Crippen LogP contribution in [0.15, 0.2) is 18.2 Å². The monoisotopic (exact) mass is 294 g/mol. The molecule has 0 amide bonds. The molecule has 1 saturated carbocycles. The van der Waals surface area contributed by atoms with Gasteiger partial charge in [0, 0.05) is 22.8 Å². The number of benzene rings is 1. The Labute approximate surface area is 128 Å². The van der Waals surface area contributed by atoms with Gasteiger partial charge in [-0.05, 0) is 49.8 Å². The minimum Gasteiger partial charge on any atom is -0.378 e. The van der Waals surface area contributed by atoms with E-state index < -0.39 is 0 Å². The maximum atomic E-state index is 6.23. The molecule has 1 aromatic carbocycles. The van der Waals surface area contributed by atoms with Gasteiger partial charge in [0.2, 0.25) is 0 Å². The molecule has 0 bridgehead atoms. The van der Waals surface area contributed by atoms with Crippen LogP contribution >= 0.6 is 11.6 Å². The molecular weight excluding hydrogens is 268 g/mol. The van der Waals surface area contributed by atoms with E-state index in [-0.39, 0.29) is 5.54 Å². The van der Waals surface area contributed by atoms with E-state index in [9.17, 15) is 0 Å². The summed E-state index contributed by atoms with van der Waals surface area (Å²) < 4.78 is 0. The first kappa shape index (κ1) is 15.7. The average Bonchev–Trinajstić information content (AvgIpc) is 2.66. The predicted octanol–water partition coefficient (Wildman–Crippen LogP) is 4.75. The number of rotatable bonds is 4. The van der Waals surface area contributed by atoms with Crippen LogP contribution < -0.4 is 11.1 Å². The number of anilines is 1. The molecule has 0 aromatic heterocycles. The van der Waals surface area contributed by atoms with Crippen LogP contribution in [0.1, 0.15) is 51.0 Å². The summed E-state index contributed by atoms with van der Waals surface area (Å²) in [4.78, 5) is 0. The normalized spacial score (nSPS) is 27.1. The summed E-state index contributed by atoms with van der Waals surface area (Å²) >= 11 is 6.23. The van der Waals surface area contributed by atoms with Gasteiger partial charge in [0.1, 0.15) is 0 Å². The Morgan fingerprint density at radius 3 is 2.80 bits per heavy atom. The zero-order chi connectivity index (χ0) is 14.6. The first-order valence-corrected chi connectivity index (χ1v) is 8.21. The largest absolute Gasteiger partial charge is 0.378 e. The molecule has 1 fully saturated rings. The van der Waals surface area contributed by atoms with Crippen molar-refractivity contribution in [3.63, 3.8) is 0 Å². The second-order valence-electron chi connectivity index (χ2n) is 6.28. The van der Waals surface area contributed by atoms with E-state index in [0.29, 0.717) is 6.54 Å². The lowest BCUT2D eigenvalue weighted by Gasteiger charge is -2.34. The zero-order valence-corrected chi connectivity index (χ0v) is 13.5. The van der Waals surface area contributed by atoms with Gasteiger partial charge in [0.15, 0.2) is 0 Å². The van der Waals surface area contributed by atoms with E-state index in [2.05, 4.69) is 24.4 Å². The molecule has 2 atom stereocenters. The summed E-state index contributed by atoms with van der Waals surface area (Å²) in [6.45, 7) is 5.02. The van der Waals surface area contributed by atoms with Gasteiger partial charge in [0.05, 0.1) is 0 Å². The summed E-state index contributed by atoms with van der Waals surface area (Å²) in [5.74, 6) is 0.867. The van der Waals surface area contributed by atoms with Crippen molar-refractivity contribution in [2.24, 2.45) is 11.7 Å². The summed E-state index contributed by atoms with van der Waals surface area (Å²) in [5.41, 5.74) is 8.37. The molecule has 1 aliphatic carbocycles. The number of halogens is 1. The van der Waals surface area contributed by atoms with Gasteiger partial charge in [-0.15, -0.1) is 0 Å². The Morgan fingerprint density at radius 2 is 2.15 bits per heavy atom. The van der Waals surface area contributed by atoms with Gasteiger partial charge in [0.25, 0.3) is 0 Å². The minimum atomic E-state index is 0.0442. The lowest BCUT2D eigenvalue weighted by atomic mass is 9.89.